The van der Waals surface area contributed by atoms with Crippen LogP contribution >= 0.6 is 0 Å². The predicted octanol–water partition coefficient (Wildman–Crippen LogP) is 1.07. The third-order valence-electron chi connectivity index (χ3n) is 2.79. The SMILES string of the molecule is Cc1cccc(CNCC2CNCCO2)c1. The van der Waals surface area contributed by atoms with Crippen LogP contribution in [0.5, 0.6) is 0 Å². The van der Waals surface area contributed by atoms with Crippen LogP contribution in [0.3, 0.4) is 0 Å². The third-order valence-corrected chi connectivity index (χ3v) is 2.79. The molecule has 88 valence electrons. The van der Waals surface area contributed by atoms with Crippen LogP contribution in [-0.4, -0.2) is 32.3 Å². The molecule has 0 amide bonds. The van der Waals surface area contributed by atoms with Gasteiger partial charge in [-0.05, 0) is 12.5 Å². The lowest BCUT2D eigenvalue weighted by atomic mass is 10.1. The third kappa shape index (κ3) is 3.59. The van der Waals surface area contributed by atoms with Crippen LogP contribution in [0.1, 0.15) is 11.1 Å². The Kier molecular flexibility index (Phi) is 4.34. The molecule has 1 aromatic rings. The van der Waals surface area contributed by atoms with Crippen LogP contribution < -0.4 is 10.6 Å². The molecule has 1 unspecified atom stereocenters. The standard InChI is InChI=1S/C13H20N2O/c1-11-3-2-4-12(7-11)8-15-10-13-9-14-5-6-16-13/h2-4,7,13-15H,5-6,8-10H2,1H3. The Morgan fingerprint density at radius 2 is 2.44 bits per heavy atom. The number of hydrogen-bond acceptors (Lipinski definition) is 3. The number of morpholine rings is 1. The van der Waals surface area contributed by atoms with Gasteiger partial charge in [-0.1, -0.05) is 29.8 Å². The number of benzene rings is 1. The van der Waals surface area contributed by atoms with E-state index in [0.29, 0.717) is 6.10 Å². The molecule has 2 N–H and O–H groups in total. The molecule has 1 heterocycles. The lowest BCUT2D eigenvalue weighted by Gasteiger charge is -2.23. The van der Waals surface area contributed by atoms with Gasteiger partial charge in [0.05, 0.1) is 12.7 Å². The summed E-state index contributed by atoms with van der Waals surface area (Å²) in [7, 11) is 0. The van der Waals surface area contributed by atoms with Crippen molar-refractivity contribution < 1.29 is 4.74 Å². The molecule has 0 aromatic heterocycles. The van der Waals surface area contributed by atoms with E-state index in [4.69, 9.17) is 4.74 Å². The van der Waals surface area contributed by atoms with Crippen LogP contribution in [0.15, 0.2) is 24.3 Å². The van der Waals surface area contributed by atoms with E-state index in [-0.39, 0.29) is 0 Å². The second kappa shape index (κ2) is 5.99. The number of hydrogen-bond donors (Lipinski definition) is 2. The summed E-state index contributed by atoms with van der Waals surface area (Å²) < 4.78 is 5.61. The molecule has 0 aliphatic carbocycles. The topological polar surface area (TPSA) is 33.3 Å². The number of rotatable bonds is 4. The van der Waals surface area contributed by atoms with Crippen LogP contribution in [0.25, 0.3) is 0 Å². The smallest absolute Gasteiger partial charge is 0.0824 e. The van der Waals surface area contributed by atoms with Crippen LogP contribution in [0, 0.1) is 6.92 Å². The van der Waals surface area contributed by atoms with E-state index in [9.17, 15) is 0 Å². The molecule has 16 heavy (non-hydrogen) atoms. The van der Waals surface area contributed by atoms with Crippen molar-refractivity contribution in [2.24, 2.45) is 0 Å². The fraction of sp³-hybridized carbons (Fsp3) is 0.538. The van der Waals surface area contributed by atoms with E-state index < -0.39 is 0 Å². The zero-order valence-electron chi connectivity index (χ0n) is 9.83. The van der Waals surface area contributed by atoms with Crippen molar-refractivity contribution in [2.45, 2.75) is 19.6 Å². The molecule has 0 radical (unpaired) electrons. The van der Waals surface area contributed by atoms with Crippen molar-refractivity contribution in [1.29, 1.82) is 0 Å². The van der Waals surface area contributed by atoms with Crippen molar-refractivity contribution in [1.82, 2.24) is 10.6 Å². The Bertz CT molecular complexity index is 321. The molecule has 0 bridgehead atoms. The van der Waals surface area contributed by atoms with Crippen molar-refractivity contribution in [3.63, 3.8) is 0 Å². The molecule has 0 saturated carbocycles. The summed E-state index contributed by atoms with van der Waals surface area (Å²) in [5.41, 5.74) is 2.65. The van der Waals surface area contributed by atoms with Gasteiger partial charge in [0.25, 0.3) is 0 Å². The highest BCUT2D eigenvalue weighted by Gasteiger charge is 2.11. The van der Waals surface area contributed by atoms with Gasteiger partial charge < -0.3 is 15.4 Å². The minimum atomic E-state index is 0.318. The van der Waals surface area contributed by atoms with Gasteiger partial charge in [-0.3, -0.25) is 0 Å². The van der Waals surface area contributed by atoms with Gasteiger partial charge in [-0.15, -0.1) is 0 Å². The molecule has 1 aliphatic rings. The first-order valence-electron chi connectivity index (χ1n) is 5.93. The molecule has 1 saturated heterocycles. The first-order valence-corrected chi connectivity index (χ1v) is 5.93. The average molecular weight is 220 g/mol. The lowest BCUT2D eigenvalue weighted by Crippen LogP contribution is -2.43. The Labute approximate surface area is 97.2 Å². The van der Waals surface area contributed by atoms with Gasteiger partial charge in [-0.25, -0.2) is 0 Å². The summed E-state index contributed by atoms with van der Waals surface area (Å²) in [4.78, 5) is 0. The van der Waals surface area contributed by atoms with Crippen molar-refractivity contribution in [2.75, 3.05) is 26.2 Å². The average Bonchev–Trinajstić information content (AvgIpc) is 2.30. The Morgan fingerprint density at radius 3 is 3.19 bits per heavy atom. The van der Waals surface area contributed by atoms with E-state index >= 15 is 0 Å². The summed E-state index contributed by atoms with van der Waals surface area (Å²) >= 11 is 0. The fourth-order valence-electron chi connectivity index (χ4n) is 1.95. The first kappa shape index (κ1) is 11.6. The minimum Gasteiger partial charge on any atom is -0.374 e. The molecular weight excluding hydrogens is 200 g/mol. The Balaban J connectivity index is 1.71. The summed E-state index contributed by atoms with van der Waals surface area (Å²) in [5, 5.41) is 6.76. The minimum absolute atomic E-state index is 0.318. The van der Waals surface area contributed by atoms with Crippen LogP contribution in [0.2, 0.25) is 0 Å². The maximum Gasteiger partial charge on any atom is 0.0824 e. The molecular formula is C13H20N2O. The molecule has 3 heteroatoms. The fourth-order valence-corrected chi connectivity index (χ4v) is 1.95. The molecule has 3 nitrogen and oxygen atoms in total. The maximum atomic E-state index is 5.61. The van der Waals surface area contributed by atoms with Gasteiger partial charge in [0.1, 0.15) is 0 Å². The second-order valence-corrected chi connectivity index (χ2v) is 4.32. The van der Waals surface area contributed by atoms with E-state index in [0.717, 1.165) is 32.8 Å². The van der Waals surface area contributed by atoms with Gasteiger partial charge in [-0.2, -0.15) is 0 Å². The quantitative estimate of drug-likeness (QED) is 0.796. The van der Waals surface area contributed by atoms with Gasteiger partial charge in [0.2, 0.25) is 0 Å². The van der Waals surface area contributed by atoms with E-state index in [1.165, 1.54) is 11.1 Å². The Morgan fingerprint density at radius 1 is 1.50 bits per heavy atom. The Hall–Kier alpha value is -0.900. The lowest BCUT2D eigenvalue weighted by molar-refractivity contribution is 0.0290. The largest absolute Gasteiger partial charge is 0.374 e. The predicted molar refractivity (Wildman–Crippen MR) is 65.5 cm³/mol. The van der Waals surface area contributed by atoms with Crippen LogP contribution in [-0.2, 0) is 11.3 Å². The van der Waals surface area contributed by atoms with Crippen LogP contribution in [0.4, 0.5) is 0 Å². The number of ether oxygens (including phenoxy) is 1. The monoisotopic (exact) mass is 220 g/mol. The molecule has 0 spiro atoms. The number of aryl methyl sites for hydroxylation is 1. The van der Waals surface area contributed by atoms with Gasteiger partial charge in [0.15, 0.2) is 0 Å². The normalized spacial score (nSPS) is 20.9. The maximum absolute atomic E-state index is 5.61. The van der Waals surface area contributed by atoms with E-state index in [1.54, 1.807) is 0 Å². The number of nitrogens with one attached hydrogen (secondary N) is 2. The second-order valence-electron chi connectivity index (χ2n) is 4.32. The highest BCUT2D eigenvalue weighted by molar-refractivity contribution is 5.21. The zero-order valence-corrected chi connectivity index (χ0v) is 9.83. The summed E-state index contributed by atoms with van der Waals surface area (Å²) in [5.74, 6) is 0. The van der Waals surface area contributed by atoms with Crippen molar-refractivity contribution >= 4 is 0 Å². The summed E-state index contributed by atoms with van der Waals surface area (Å²) in [6.45, 7) is 6.73. The molecule has 1 aromatic carbocycles. The first-order chi connectivity index (χ1) is 7.84. The van der Waals surface area contributed by atoms with E-state index in [1.807, 2.05) is 0 Å². The summed E-state index contributed by atoms with van der Waals surface area (Å²) in [6, 6.07) is 8.59. The highest BCUT2D eigenvalue weighted by Crippen LogP contribution is 2.03. The molecule has 1 aliphatic heterocycles. The molecule has 1 fully saturated rings. The summed E-state index contributed by atoms with van der Waals surface area (Å²) in [6.07, 6.45) is 0.318. The highest BCUT2D eigenvalue weighted by atomic mass is 16.5. The molecule has 1 atom stereocenters. The van der Waals surface area contributed by atoms with Gasteiger partial charge in [0, 0.05) is 26.2 Å². The van der Waals surface area contributed by atoms with Gasteiger partial charge >= 0.3 is 0 Å². The van der Waals surface area contributed by atoms with Crippen molar-refractivity contribution in [3.05, 3.63) is 35.4 Å². The zero-order chi connectivity index (χ0) is 11.2. The molecule has 2 rings (SSSR count). The van der Waals surface area contributed by atoms with E-state index in [2.05, 4.69) is 41.8 Å². The van der Waals surface area contributed by atoms with Crippen molar-refractivity contribution in [3.8, 4) is 0 Å².